The van der Waals surface area contributed by atoms with Gasteiger partial charge in [0, 0.05) is 30.2 Å². The highest BCUT2D eigenvalue weighted by Gasteiger charge is 2.19. The van der Waals surface area contributed by atoms with E-state index in [0.29, 0.717) is 12.3 Å². The highest BCUT2D eigenvalue weighted by atomic mass is 32.2. The Bertz CT molecular complexity index is 669. The van der Waals surface area contributed by atoms with Crippen LogP contribution in [0.15, 0.2) is 24.3 Å². The van der Waals surface area contributed by atoms with Gasteiger partial charge >= 0.3 is 0 Å². The molecule has 1 aliphatic rings. The van der Waals surface area contributed by atoms with Crippen molar-refractivity contribution in [1.82, 2.24) is 9.97 Å². The molecule has 2 N–H and O–H groups in total. The largest absolute Gasteiger partial charge is 0.494 e. The second kappa shape index (κ2) is 7.08. The second-order valence-electron chi connectivity index (χ2n) is 5.41. The fraction of sp³-hybridized carbons (Fsp3) is 0.412. The summed E-state index contributed by atoms with van der Waals surface area (Å²) in [5.41, 5.74) is 8.86. The third-order valence-corrected chi connectivity index (χ3v) is 4.73. The standard InChI is InChI=1S/C17H22N4OS/c1-3-22-14-6-4-13(5-7-14)16-15(18)17(20-12(2)19-16)21-8-10-23-11-9-21/h4-7H,3,8-11,18H2,1-2H3. The van der Waals surface area contributed by atoms with Crippen molar-refractivity contribution in [3.8, 4) is 17.0 Å². The van der Waals surface area contributed by atoms with E-state index in [9.17, 15) is 0 Å². The van der Waals surface area contributed by atoms with Gasteiger partial charge in [-0.15, -0.1) is 0 Å². The van der Waals surface area contributed by atoms with E-state index < -0.39 is 0 Å². The van der Waals surface area contributed by atoms with Crippen LogP contribution in [0.2, 0.25) is 0 Å². The number of rotatable bonds is 4. The third-order valence-electron chi connectivity index (χ3n) is 3.79. The Kier molecular flexibility index (Phi) is 4.91. The molecule has 0 radical (unpaired) electrons. The van der Waals surface area contributed by atoms with Crippen LogP contribution in [0.25, 0.3) is 11.3 Å². The summed E-state index contributed by atoms with van der Waals surface area (Å²) in [6.07, 6.45) is 0. The van der Waals surface area contributed by atoms with Crippen molar-refractivity contribution < 1.29 is 4.74 Å². The smallest absolute Gasteiger partial charge is 0.156 e. The van der Waals surface area contributed by atoms with Crippen LogP contribution in [-0.2, 0) is 0 Å². The minimum Gasteiger partial charge on any atom is -0.494 e. The molecule has 1 aliphatic heterocycles. The predicted molar refractivity (Wildman–Crippen MR) is 97.3 cm³/mol. The first-order valence-electron chi connectivity index (χ1n) is 7.89. The van der Waals surface area contributed by atoms with E-state index in [-0.39, 0.29) is 0 Å². The molecule has 0 amide bonds. The summed E-state index contributed by atoms with van der Waals surface area (Å²) < 4.78 is 5.50. The molecular weight excluding hydrogens is 308 g/mol. The molecule has 2 heterocycles. The van der Waals surface area contributed by atoms with Crippen LogP contribution in [0.3, 0.4) is 0 Å². The molecule has 0 unspecified atom stereocenters. The van der Waals surface area contributed by atoms with Gasteiger partial charge in [0.25, 0.3) is 0 Å². The first-order chi connectivity index (χ1) is 11.2. The van der Waals surface area contributed by atoms with E-state index in [1.165, 1.54) is 0 Å². The number of aromatic nitrogens is 2. The molecule has 1 aromatic carbocycles. The normalized spacial score (nSPS) is 14.8. The van der Waals surface area contributed by atoms with Crippen LogP contribution >= 0.6 is 11.8 Å². The number of nitrogens with two attached hydrogens (primary N) is 1. The second-order valence-corrected chi connectivity index (χ2v) is 6.64. The minimum atomic E-state index is 0.658. The summed E-state index contributed by atoms with van der Waals surface area (Å²) in [6.45, 7) is 6.51. The van der Waals surface area contributed by atoms with Crippen molar-refractivity contribution in [2.75, 3.05) is 41.8 Å². The molecular formula is C17H22N4OS. The van der Waals surface area contributed by atoms with Crippen molar-refractivity contribution >= 4 is 23.3 Å². The number of ether oxygens (including phenoxy) is 1. The number of hydrogen-bond acceptors (Lipinski definition) is 6. The van der Waals surface area contributed by atoms with E-state index in [2.05, 4.69) is 14.9 Å². The molecule has 1 fully saturated rings. The number of nitrogens with zero attached hydrogens (tertiary/aromatic N) is 3. The van der Waals surface area contributed by atoms with Crippen LogP contribution < -0.4 is 15.4 Å². The number of hydrogen-bond donors (Lipinski definition) is 1. The monoisotopic (exact) mass is 330 g/mol. The van der Waals surface area contributed by atoms with Gasteiger partial charge < -0.3 is 15.4 Å². The van der Waals surface area contributed by atoms with Crippen LogP contribution in [-0.4, -0.2) is 41.2 Å². The Morgan fingerprint density at radius 3 is 2.52 bits per heavy atom. The molecule has 0 bridgehead atoms. The van der Waals surface area contributed by atoms with Gasteiger partial charge in [-0.05, 0) is 38.1 Å². The van der Waals surface area contributed by atoms with Gasteiger partial charge in [0.05, 0.1) is 12.3 Å². The van der Waals surface area contributed by atoms with Crippen molar-refractivity contribution in [3.05, 3.63) is 30.1 Å². The lowest BCUT2D eigenvalue weighted by atomic mass is 10.1. The highest BCUT2D eigenvalue weighted by molar-refractivity contribution is 7.99. The molecule has 1 saturated heterocycles. The minimum absolute atomic E-state index is 0.658. The zero-order valence-corrected chi connectivity index (χ0v) is 14.4. The van der Waals surface area contributed by atoms with Crippen molar-refractivity contribution in [2.45, 2.75) is 13.8 Å². The molecule has 6 heteroatoms. The molecule has 0 saturated carbocycles. The zero-order valence-electron chi connectivity index (χ0n) is 13.6. The first kappa shape index (κ1) is 15.9. The molecule has 5 nitrogen and oxygen atoms in total. The molecule has 3 rings (SSSR count). The number of aryl methyl sites for hydroxylation is 1. The van der Waals surface area contributed by atoms with Gasteiger partial charge in [-0.2, -0.15) is 11.8 Å². The first-order valence-corrected chi connectivity index (χ1v) is 9.04. The number of nitrogen functional groups attached to an aromatic ring is 1. The average Bonchev–Trinajstić information content (AvgIpc) is 2.58. The third kappa shape index (κ3) is 3.52. The van der Waals surface area contributed by atoms with E-state index in [0.717, 1.165) is 53.2 Å². The quantitative estimate of drug-likeness (QED) is 0.930. The summed E-state index contributed by atoms with van der Waals surface area (Å²) in [7, 11) is 0. The molecule has 0 atom stereocenters. The van der Waals surface area contributed by atoms with Crippen molar-refractivity contribution in [2.24, 2.45) is 0 Å². The maximum atomic E-state index is 6.41. The fourth-order valence-electron chi connectivity index (χ4n) is 2.68. The summed E-state index contributed by atoms with van der Waals surface area (Å²) in [5.74, 6) is 4.69. The average molecular weight is 330 g/mol. The number of thioether (sulfide) groups is 1. The number of benzene rings is 1. The summed E-state index contributed by atoms with van der Waals surface area (Å²) in [4.78, 5) is 11.4. The Labute approximate surface area is 141 Å². The highest BCUT2D eigenvalue weighted by Crippen LogP contribution is 2.33. The van der Waals surface area contributed by atoms with Crippen molar-refractivity contribution in [3.63, 3.8) is 0 Å². The van der Waals surface area contributed by atoms with Crippen LogP contribution in [0, 0.1) is 6.92 Å². The van der Waals surface area contributed by atoms with E-state index >= 15 is 0 Å². The Hall–Kier alpha value is -1.95. The van der Waals surface area contributed by atoms with E-state index in [1.807, 2.05) is 49.9 Å². The lowest BCUT2D eigenvalue weighted by Crippen LogP contribution is -2.34. The predicted octanol–water partition coefficient (Wildman–Crippen LogP) is 2.99. The van der Waals surface area contributed by atoms with E-state index in [4.69, 9.17) is 10.5 Å². The molecule has 23 heavy (non-hydrogen) atoms. The summed E-state index contributed by atoms with van der Waals surface area (Å²) in [5, 5.41) is 0. The molecule has 1 aromatic heterocycles. The Morgan fingerprint density at radius 1 is 1.17 bits per heavy atom. The van der Waals surface area contributed by atoms with Crippen LogP contribution in [0.4, 0.5) is 11.5 Å². The zero-order chi connectivity index (χ0) is 16.2. The van der Waals surface area contributed by atoms with Gasteiger partial charge in [-0.3, -0.25) is 0 Å². The molecule has 122 valence electrons. The van der Waals surface area contributed by atoms with Gasteiger partial charge in [0.2, 0.25) is 0 Å². The topological polar surface area (TPSA) is 64.3 Å². The molecule has 0 aliphatic carbocycles. The van der Waals surface area contributed by atoms with Crippen molar-refractivity contribution in [1.29, 1.82) is 0 Å². The maximum Gasteiger partial charge on any atom is 0.156 e. The Morgan fingerprint density at radius 2 is 1.87 bits per heavy atom. The summed E-state index contributed by atoms with van der Waals surface area (Å²) in [6, 6.07) is 7.90. The summed E-state index contributed by atoms with van der Waals surface area (Å²) >= 11 is 1.97. The van der Waals surface area contributed by atoms with Gasteiger partial charge in [0.1, 0.15) is 17.3 Å². The fourth-order valence-corrected chi connectivity index (χ4v) is 3.58. The van der Waals surface area contributed by atoms with Crippen LogP contribution in [0.5, 0.6) is 5.75 Å². The number of anilines is 2. The van der Waals surface area contributed by atoms with Gasteiger partial charge in [0.15, 0.2) is 5.82 Å². The SMILES string of the molecule is CCOc1ccc(-c2nc(C)nc(N3CCSCC3)c2N)cc1. The van der Waals surface area contributed by atoms with Gasteiger partial charge in [-0.25, -0.2) is 9.97 Å². The lowest BCUT2D eigenvalue weighted by molar-refractivity contribution is 0.340. The van der Waals surface area contributed by atoms with Crippen LogP contribution in [0.1, 0.15) is 12.7 Å². The Balaban J connectivity index is 1.96. The van der Waals surface area contributed by atoms with E-state index in [1.54, 1.807) is 0 Å². The maximum absolute atomic E-state index is 6.41. The molecule has 2 aromatic rings. The molecule has 0 spiro atoms. The lowest BCUT2D eigenvalue weighted by Gasteiger charge is -2.29. The van der Waals surface area contributed by atoms with Gasteiger partial charge in [-0.1, -0.05) is 0 Å².